The summed E-state index contributed by atoms with van der Waals surface area (Å²) in [7, 11) is 0. The molecule has 1 N–H and O–H groups in total. The normalized spacial score (nSPS) is 8.90. The average Bonchev–Trinajstić information content (AvgIpc) is 1.95. The number of aryl methyl sites for hydroxylation is 1. The largest absolute Gasteiger partial charge is 0.326 e. The van der Waals surface area contributed by atoms with E-state index in [0.717, 1.165) is 0 Å². The summed E-state index contributed by atoms with van der Waals surface area (Å²) in [6.45, 7) is 1.78. The maximum Gasteiger partial charge on any atom is 0.211 e. The highest BCUT2D eigenvalue weighted by Gasteiger charge is 1.88. The minimum atomic E-state index is 0.591. The third kappa shape index (κ3) is 1.51. The second-order valence-electron chi connectivity index (χ2n) is 1.78. The highest BCUT2D eigenvalue weighted by Crippen LogP contribution is 1.99. The van der Waals surface area contributed by atoms with Crippen molar-refractivity contribution in [2.24, 2.45) is 0 Å². The van der Waals surface area contributed by atoms with Gasteiger partial charge in [0.2, 0.25) is 6.41 Å². The predicted octanol–water partition coefficient (Wildman–Crippen LogP) is 0.353. The molecule has 1 amide bonds. The molecule has 0 radical (unpaired) electrons. The molecule has 10 heavy (non-hydrogen) atoms. The van der Waals surface area contributed by atoms with E-state index >= 15 is 0 Å². The Morgan fingerprint density at radius 2 is 2.10 bits per heavy atom. The molecule has 0 aliphatic rings. The van der Waals surface area contributed by atoms with E-state index in [0.29, 0.717) is 17.9 Å². The van der Waals surface area contributed by atoms with Crippen molar-refractivity contribution in [3.05, 3.63) is 18.2 Å². The van der Waals surface area contributed by atoms with Gasteiger partial charge in [0.15, 0.2) is 0 Å². The summed E-state index contributed by atoms with van der Waals surface area (Å²) in [5.74, 6) is 0.691. The van der Waals surface area contributed by atoms with Crippen LogP contribution in [-0.4, -0.2) is 16.4 Å². The van der Waals surface area contributed by atoms with Crippen LogP contribution < -0.4 is 5.32 Å². The van der Waals surface area contributed by atoms with Crippen molar-refractivity contribution >= 4 is 12.1 Å². The highest BCUT2D eigenvalue weighted by molar-refractivity contribution is 5.69. The second kappa shape index (κ2) is 2.91. The fraction of sp³-hybridized carbons (Fsp3) is 0.167. The average molecular weight is 137 g/mol. The van der Waals surface area contributed by atoms with E-state index < -0.39 is 0 Å². The third-order valence-corrected chi connectivity index (χ3v) is 1.01. The number of amides is 1. The lowest BCUT2D eigenvalue weighted by Gasteiger charge is -1.94. The molecule has 0 saturated heterocycles. The summed E-state index contributed by atoms with van der Waals surface area (Å²) < 4.78 is 0. The van der Waals surface area contributed by atoms with Crippen LogP contribution in [0.3, 0.4) is 0 Å². The first-order chi connectivity index (χ1) is 4.83. The predicted molar refractivity (Wildman–Crippen MR) is 36.5 cm³/mol. The quantitative estimate of drug-likeness (QED) is 0.598. The SMILES string of the molecule is Cc1ncc(NC=O)cn1. The van der Waals surface area contributed by atoms with Gasteiger partial charge in [-0.25, -0.2) is 9.97 Å². The maximum absolute atomic E-state index is 9.89. The first kappa shape index (κ1) is 6.67. The second-order valence-corrected chi connectivity index (χ2v) is 1.78. The van der Waals surface area contributed by atoms with Crippen molar-refractivity contribution in [2.75, 3.05) is 5.32 Å². The van der Waals surface area contributed by atoms with Gasteiger partial charge in [-0.3, -0.25) is 4.79 Å². The van der Waals surface area contributed by atoms with Gasteiger partial charge < -0.3 is 5.32 Å². The van der Waals surface area contributed by atoms with Crippen LogP contribution in [0.5, 0.6) is 0 Å². The molecular formula is C6H7N3O. The number of rotatable bonds is 2. The number of carbonyl (C=O) groups is 1. The molecule has 52 valence electrons. The van der Waals surface area contributed by atoms with E-state index in [9.17, 15) is 4.79 Å². The maximum atomic E-state index is 9.89. The molecule has 0 atom stereocenters. The Morgan fingerprint density at radius 1 is 1.50 bits per heavy atom. The minimum absolute atomic E-state index is 0.591. The topological polar surface area (TPSA) is 54.9 Å². The molecule has 1 aromatic heterocycles. The van der Waals surface area contributed by atoms with Crippen molar-refractivity contribution in [1.29, 1.82) is 0 Å². The van der Waals surface area contributed by atoms with Crippen molar-refractivity contribution in [1.82, 2.24) is 9.97 Å². The summed E-state index contributed by atoms with van der Waals surface area (Å²) >= 11 is 0. The van der Waals surface area contributed by atoms with E-state index in [-0.39, 0.29) is 0 Å². The van der Waals surface area contributed by atoms with Crippen LogP contribution in [0.25, 0.3) is 0 Å². The fourth-order valence-corrected chi connectivity index (χ4v) is 0.535. The van der Waals surface area contributed by atoms with Gasteiger partial charge in [0.1, 0.15) is 5.82 Å². The Bertz CT molecular complexity index is 219. The van der Waals surface area contributed by atoms with E-state index in [4.69, 9.17) is 0 Å². The zero-order chi connectivity index (χ0) is 7.40. The summed E-state index contributed by atoms with van der Waals surface area (Å²) in [4.78, 5) is 17.6. The molecular weight excluding hydrogens is 130 g/mol. The van der Waals surface area contributed by atoms with Crippen molar-refractivity contribution in [3.63, 3.8) is 0 Å². The molecule has 4 heteroatoms. The monoisotopic (exact) mass is 137 g/mol. The Labute approximate surface area is 58.3 Å². The van der Waals surface area contributed by atoms with Crippen molar-refractivity contribution in [3.8, 4) is 0 Å². The molecule has 4 nitrogen and oxygen atoms in total. The van der Waals surface area contributed by atoms with Gasteiger partial charge in [0, 0.05) is 0 Å². The van der Waals surface area contributed by atoms with Gasteiger partial charge in [-0.05, 0) is 6.92 Å². The lowest BCUT2D eigenvalue weighted by molar-refractivity contribution is -0.105. The van der Waals surface area contributed by atoms with Crippen LogP contribution in [-0.2, 0) is 4.79 Å². The molecule has 0 unspecified atom stereocenters. The molecule has 0 saturated carbocycles. The smallest absolute Gasteiger partial charge is 0.211 e. The zero-order valence-corrected chi connectivity index (χ0v) is 5.53. The van der Waals surface area contributed by atoms with Gasteiger partial charge >= 0.3 is 0 Å². The third-order valence-electron chi connectivity index (χ3n) is 1.01. The number of hydrogen-bond acceptors (Lipinski definition) is 3. The van der Waals surface area contributed by atoms with Crippen LogP contribution in [0.15, 0.2) is 12.4 Å². The Kier molecular flexibility index (Phi) is 1.94. The number of hydrogen-bond donors (Lipinski definition) is 1. The fourth-order valence-electron chi connectivity index (χ4n) is 0.535. The van der Waals surface area contributed by atoms with E-state index in [1.165, 1.54) is 0 Å². The van der Waals surface area contributed by atoms with E-state index in [1.807, 2.05) is 0 Å². The van der Waals surface area contributed by atoms with Crippen molar-refractivity contribution < 1.29 is 4.79 Å². The summed E-state index contributed by atoms with van der Waals surface area (Å²) in [6, 6.07) is 0. The van der Waals surface area contributed by atoms with Crippen LogP contribution in [0.2, 0.25) is 0 Å². The van der Waals surface area contributed by atoms with Gasteiger partial charge in [-0.15, -0.1) is 0 Å². The van der Waals surface area contributed by atoms with Gasteiger partial charge in [-0.1, -0.05) is 0 Å². The van der Waals surface area contributed by atoms with Crippen molar-refractivity contribution in [2.45, 2.75) is 6.92 Å². The summed E-state index contributed by atoms with van der Waals surface area (Å²) in [5.41, 5.74) is 0.612. The lowest BCUT2D eigenvalue weighted by Crippen LogP contribution is -1.96. The lowest BCUT2D eigenvalue weighted by atomic mass is 10.5. The first-order valence-corrected chi connectivity index (χ1v) is 2.82. The molecule has 1 heterocycles. The molecule has 0 aliphatic carbocycles. The Morgan fingerprint density at radius 3 is 2.60 bits per heavy atom. The van der Waals surface area contributed by atoms with Gasteiger partial charge in [0.05, 0.1) is 18.1 Å². The molecule has 1 rings (SSSR count). The molecule has 0 aromatic carbocycles. The van der Waals surface area contributed by atoms with Crippen LogP contribution >= 0.6 is 0 Å². The Balaban J connectivity index is 2.78. The first-order valence-electron chi connectivity index (χ1n) is 2.82. The summed E-state index contributed by atoms with van der Waals surface area (Å²) in [6.07, 6.45) is 3.70. The number of anilines is 1. The van der Waals surface area contributed by atoms with Crippen LogP contribution in [0.4, 0.5) is 5.69 Å². The molecule has 1 aromatic rings. The molecule has 0 fully saturated rings. The summed E-state index contributed by atoms with van der Waals surface area (Å²) in [5, 5.41) is 2.43. The number of aromatic nitrogens is 2. The highest BCUT2D eigenvalue weighted by atomic mass is 16.1. The molecule has 0 bridgehead atoms. The molecule has 0 aliphatic heterocycles. The van der Waals surface area contributed by atoms with Gasteiger partial charge in [0.25, 0.3) is 0 Å². The van der Waals surface area contributed by atoms with E-state index in [2.05, 4.69) is 15.3 Å². The van der Waals surface area contributed by atoms with Crippen LogP contribution in [0, 0.1) is 6.92 Å². The van der Waals surface area contributed by atoms with Crippen LogP contribution in [0.1, 0.15) is 5.82 Å². The van der Waals surface area contributed by atoms with E-state index in [1.54, 1.807) is 19.3 Å². The minimum Gasteiger partial charge on any atom is -0.326 e. The Hall–Kier alpha value is -1.45. The van der Waals surface area contributed by atoms with Gasteiger partial charge in [-0.2, -0.15) is 0 Å². The number of carbonyl (C=O) groups excluding carboxylic acids is 1. The number of nitrogens with zero attached hydrogens (tertiary/aromatic N) is 2. The molecule has 0 spiro atoms. The standard InChI is InChI=1S/C6H7N3O/c1-5-7-2-6(3-8-5)9-4-10/h2-4H,1H3,(H,9,10). The zero-order valence-electron chi connectivity index (χ0n) is 5.53. The number of nitrogens with one attached hydrogen (secondary N) is 1.